The zero-order valence-corrected chi connectivity index (χ0v) is 11.6. The van der Waals surface area contributed by atoms with Crippen LogP contribution >= 0.6 is 0 Å². The van der Waals surface area contributed by atoms with Crippen molar-refractivity contribution in [1.82, 2.24) is 9.55 Å². The molecule has 1 aromatic heterocycles. The summed E-state index contributed by atoms with van der Waals surface area (Å²) in [5.74, 6) is 1.06. The van der Waals surface area contributed by atoms with E-state index in [1.807, 2.05) is 0 Å². The molecule has 1 heterocycles. The van der Waals surface area contributed by atoms with Gasteiger partial charge in [0.25, 0.3) is 0 Å². The Morgan fingerprint density at radius 2 is 2.06 bits per heavy atom. The van der Waals surface area contributed by atoms with E-state index >= 15 is 0 Å². The minimum absolute atomic E-state index is 0.119. The van der Waals surface area contributed by atoms with Crippen LogP contribution < -0.4 is 5.32 Å². The van der Waals surface area contributed by atoms with Gasteiger partial charge < -0.3 is 9.88 Å². The van der Waals surface area contributed by atoms with E-state index in [2.05, 4.69) is 48.8 Å². The van der Waals surface area contributed by atoms with E-state index in [9.17, 15) is 0 Å². The molecule has 1 N–H and O–H groups in total. The second-order valence-electron chi connectivity index (χ2n) is 5.91. The molecule has 1 aliphatic rings. The molecule has 2 rings (SSSR count). The van der Waals surface area contributed by atoms with E-state index in [1.165, 1.54) is 25.7 Å². The van der Waals surface area contributed by atoms with E-state index in [0.717, 1.165) is 18.1 Å². The molecule has 1 aromatic rings. The quantitative estimate of drug-likeness (QED) is 0.857. The first-order chi connectivity index (χ1) is 8.02. The van der Waals surface area contributed by atoms with Crippen LogP contribution in [-0.2, 0) is 0 Å². The normalized spacial score (nSPS) is 17.6. The summed E-state index contributed by atoms with van der Waals surface area (Å²) in [5.41, 5.74) is 1.24. The van der Waals surface area contributed by atoms with Gasteiger partial charge >= 0.3 is 0 Å². The fourth-order valence-corrected chi connectivity index (χ4v) is 2.46. The molecule has 17 heavy (non-hydrogen) atoms. The number of aromatic nitrogens is 2. The molecule has 1 aliphatic carbocycles. The predicted molar refractivity (Wildman–Crippen MR) is 72.5 cm³/mol. The van der Waals surface area contributed by atoms with E-state index in [0.29, 0.717) is 6.04 Å². The Hall–Kier alpha value is -0.990. The lowest BCUT2D eigenvalue weighted by Gasteiger charge is -2.27. The zero-order chi connectivity index (χ0) is 12.5. The molecule has 3 nitrogen and oxygen atoms in total. The molecule has 0 amide bonds. The van der Waals surface area contributed by atoms with Crippen LogP contribution in [0, 0.1) is 6.92 Å². The number of hydrogen-bond acceptors (Lipinski definition) is 2. The number of rotatable bonds is 4. The van der Waals surface area contributed by atoms with Gasteiger partial charge in [-0.15, -0.1) is 0 Å². The molecule has 3 heteroatoms. The number of anilines is 1. The largest absolute Gasteiger partial charge is 0.351 e. The monoisotopic (exact) mass is 235 g/mol. The Morgan fingerprint density at radius 1 is 1.41 bits per heavy atom. The standard InChI is InChI=1S/C14H25N3/c1-5-14(3,4)16-13-15-11(2)10-17(13)12-8-6-7-9-12/h10,12H,5-9H2,1-4H3,(H,15,16). The van der Waals surface area contributed by atoms with Crippen molar-refractivity contribution in [2.45, 2.75) is 71.4 Å². The van der Waals surface area contributed by atoms with Crippen molar-refractivity contribution >= 4 is 5.95 Å². The van der Waals surface area contributed by atoms with Gasteiger partial charge in [0.1, 0.15) is 0 Å². The molecule has 0 spiro atoms. The summed E-state index contributed by atoms with van der Waals surface area (Å²) >= 11 is 0. The first-order valence-electron chi connectivity index (χ1n) is 6.85. The summed E-state index contributed by atoms with van der Waals surface area (Å²) < 4.78 is 2.36. The number of imidazole rings is 1. The van der Waals surface area contributed by atoms with Gasteiger partial charge in [-0.25, -0.2) is 4.98 Å². The number of nitrogens with one attached hydrogen (secondary N) is 1. The fourth-order valence-electron chi connectivity index (χ4n) is 2.46. The molecule has 0 saturated heterocycles. The number of nitrogens with zero attached hydrogens (tertiary/aromatic N) is 2. The maximum absolute atomic E-state index is 4.64. The Morgan fingerprint density at radius 3 is 2.65 bits per heavy atom. The minimum Gasteiger partial charge on any atom is -0.351 e. The van der Waals surface area contributed by atoms with Gasteiger partial charge in [0.2, 0.25) is 5.95 Å². The lowest BCUT2D eigenvalue weighted by molar-refractivity contribution is 0.496. The van der Waals surface area contributed by atoms with Crippen molar-refractivity contribution in [1.29, 1.82) is 0 Å². The molecular weight excluding hydrogens is 210 g/mol. The fraction of sp³-hybridized carbons (Fsp3) is 0.786. The highest BCUT2D eigenvalue weighted by Gasteiger charge is 2.23. The van der Waals surface area contributed by atoms with Crippen LogP contribution in [0.2, 0.25) is 0 Å². The minimum atomic E-state index is 0.119. The van der Waals surface area contributed by atoms with E-state index in [1.54, 1.807) is 0 Å². The van der Waals surface area contributed by atoms with Crippen LogP contribution in [0.4, 0.5) is 5.95 Å². The van der Waals surface area contributed by atoms with Gasteiger partial charge in [-0.1, -0.05) is 19.8 Å². The Kier molecular flexibility index (Phi) is 3.45. The molecular formula is C14H25N3. The predicted octanol–water partition coefficient (Wildman–Crippen LogP) is 3.91. The molecule has 96 valence electrons. The van der Waals surface area contributed by atoms with Gasteiger partial charge in [-0.2, -0.15) is 0 Å². The lowest BCUT2D eigenvalue weighted by Crippen LogP contribution is -2.31. The van der Waals surface area contributed by atoms with Gasteiger partial charge in [0.15, 0.2) is 0 Å². The second kappa shape index (κ2) is 4.71. The lowest BCUT2D eigenvalue weighted by atomic mass is 10.0. The number of hydrogen-bond donors (Lipinski definition) is 1. The molecule has 0 unspecified atom stereocenters. The highest BCUT2D eigenvalue weighted by atomic mass is 15.2. The molecule has 0 aromatic carbocycles. The van der Waals surface area contributed by atoms with Crippen molar-refractivity contribution in [3.63, 3.8) is 0 Å². The van der Waals surface area contributed by atoms with Crippen molar-refractivity contribution in [3.8, 4) is 0 Å². The number of aryl methyl sites for hydroxylation is 1. The summed E-state index contributed by atoms with van der Waals surface area (Å²) in [6.45, 7) is 8.75. The van der Waals surface area contributed by atoms with Crippen LogP contribution in [-0.4, -0.2) is 15.1 Å². The van der Waals surface area contributed by atoms with E-state index in [-0.39, 0.29) is 5.54 Å². The molecule has 0 radical (unpaired) electrons. The van der Waals surface area contributed by atoms with Crippen LogP contribution in [0.3, 0.4) is 0 Å². The van der Waals surface area contributed by atoms with Crippen LogP contribution in [0.15, 0.2) is 6.20 Å². The molecule has 0 aliphatic heterocycles. The maximum atomic E-state index is 4.64. The second-order valence-corrected chi connectivity index (χ2v) is 5.91. The van der Waals surface area contributed by atoms with Crippen molar-refractivity contribution in [2.24, 2.45) is 0 Å². The first kappa shape index (κ1) is 12.5. The first-order valence-corrected chi connectivity index (χ1v) is 6.85. The highest BCUT2D eigenvalue weighted by molar-refractivity contribution is 5.33. The zero-order valence-electron chi connectivity index (χ0n) is 11.6. The Labute approximate surface area is 105 Å². The summed E-state index contributed by atoms with van der Waals surface area (Å²) in [7, 11) is 0. The smallest absolute Gasteiger partial charge is 0.203 e. The third-order valence-electron chi connectivity index (χ3n) is 3.90. The van der Waals surface area contributed by atoms with Gasteiger partial charge in [0.05, 0.1) is 5.69 Å². The molecule has 1 saturated carbocycles. The summed E-state index contributed by atoms with van der Waals surface area (Å²) in [4.78, 5) is 4.64. The van der Waals surface area contributed by atoms with Crippen molar-refractivity contribution < 1.29 is 0 Å². The third-order valence-corrected chi connectivity index (χ3v) is 3.90. The summed E-state index contributed by atoms with van der Waals surface area (Å²) in [5, 5.41) is 3.59. The summed E-state index contributed by atoms with van der Waals surface area (Å²) in [6.07, 6.45) is 8.62. The van der Waals surface area contributed by atoms with E-state index < -0.39 is 0 Å². The van der Waals surface area contributed by atoms with Crippen LogP contribution in [0.25, 0.3) is 0 Å². The van der Waals surface area contributed by atoms with Gasteiger partial charge in [-0.3, -0.25) is 0 Å². The SMILES string of the molecule is CCC(C)(C)Nc1nc(C)cn1C1CCCC1. The van der Waals surface area contributed by atoms with Crippen LogP contribution in [0.1, 0.15) is 64.6 Å². The molecule has 1 fully saturated rings. The third kappa shape index (κ3) is 2.82. The van der Waals surface area contributed by atoms with E-state index in [4.69, 9.17) is 0 Å². The van der Waals surface area contributed by atoms with Gasteiger partial charge in [-0.05, 0) is 40.0 Å². The maximum Gasteiger partial charge on any atom is 0.203 e. The average Bonchev–Trinajstić information content (AvgIpc) is 2.87. The van der Waals surface area contributed by atoms with Crippen molar-refractivity contribution in [3.05, 3.63) is 11.9 Å². The highest BCUT2D eigenvalue weighted by Crippen LogP contribution is 2.32. The Balaban J connectivity index is 2.21. The molecule has 0 bridgehead atoms. The topological polar surface area (TPSA) is 29.9 Å². The summed E-state index contributed by atoms with van der Waals surface area (Å²) in [6, 6.07) is 0.659. The average molecular weight is 235 g/mol. The van der Waals surface area contributed by atoms with Gasteiger partial charge in [0, 0.05) is 17.8 Å². The Bertz CT molecular complexity index is 373. The van der Waals surface area contributed by atoms with Crippen LogP contribution in [0.5, 0.6) is 0 Å². The van der Waals surface area contributed by atoms with Crippen molar-refractivity contribution in [2.75, 3.05) is 5.32 Å². The molecule has 0 atom stereocenters.